The summed E-state index contributed by atoms with van der Waals surface area (Å²) < 4.78 is 0. The molecule has 3 heterocycles. The summed E-state index contributed by atoms with van der Waals surface area (Å²) in [5.41, 5.74) is 5.68. The Morgan fingerprint density at radius 2 is 2.10 bits per heavy atom. The zero-order valence-corrected chi connectivity index (χ0v) is 16.9. The van der Waals surface area contributed by atoms with Gasteiger partial charge in [0, 0.05) is 59.0 Å². The second kappa shape index (κ2) is 7.48. The molecule has 0 saturated carbocycles. The maximum Gasteiger partial charge on any atom is 0.252 e. The molecule has 150 valence electrons. The van der Waals surface area contributed by atoms with E-state index >= 15 is 0 Å². The molecule has 1 atom stereocenters. The fraction of sp³-hybridized carbons (Fsp3) is 0.348. The third kappa shape index (κ3) is 3.44. The lowest BCUT2D eigenvalue weighted by molar-refractivity contribution is 0.0966. The van der Waals surface area contributed by atoms with Crippen molar-refractivity contribution in [2.75, 3.05) is 19.7 Å². The number of fused-ring (bicyclic) bond motifs is 2. The second-order valence-corrected chi connectivity index (χ2v) is 8.57. The number of carbonyl (C=O) groups is 1. The van der Waals surface area contributed by atoms with Gasteiger partial charge in [0.2, 0.25) is 0 Å². The van der Waals surface area contributed by atoms with Gasteiger partial charge in [-0.1, -0.05) is 23.7 Å². The minimum atomic E-state index is -0.0691. The number of nitrogens with zero attached hydrogens (tertiary/aromatic N) is 1. The Hall–Kier alpha value is -2.34. The molecule has 0 aliphatic carbocycles. The number of carbonyl (C=O) groups excluding carboxylic acids is 1. The van der Waals surface area contributed by atoms with Crippen LogP contribution in [0.1, 0.15) is 34.3 Å². The fourth-order valence-corrected chi connectivity index (χ4v) is 4.89. The van der Waals surface area contributed by atoms with Crippen molar-refractivity contribution in [2.45, 2.75) is 25.9 Å². The number of aliphatic hydroxyl groups excluding tert-OH is 1. The zero-order valence-electron chi connectivity index (χ0n) is 16.2. The van der Waals surface area contributed by atoms with Crippen LogP contribution in [0.25, 0.3) is 22.2 Å². The number of H-pyrrole nitrogens is 1. The van der Waals surface area contributed by atoms with E-state index < -0.39 is 0 Å². The van der Waals surface area contributed by atoms with Gasteiger partial charge in [-0.3, -0.25) is 9.69 Å². The molecule has 1 amide bonds. The van der Waals surface area contributed by atoms with E-state index in [-0.39, 0.29) is 12.5 Å². The van der Waals surface area contributed by atoms with Crippen LogP contribution in [0.15, 0.2) is 36.4 Å². The third-order valence-corrected chi connectivity index (χ3v) is 6.51. The third-order valence-electron chi connectivity index (χ3n) is 6.15. The second-order valence-electron chi connectivity index (χ2n) is 8.16. The Labute approximate surface area is 174 Å². The van der Waals surface area contributed by atoms with Gasteiger partial charge in [0.15, 0.2) is 0 Å². The number of aromatic nitrogens is 1. The van der Waals surface area contributed by atoms with Gasteiger partial charge in [0.25, 0.3) is 5.91 Å². The largest absolute Gasteiger partial charge is 0.396 e. The number of halogens is 1. The summed E-state index contributed by atoms with van der Waals surface area (Å²) in [6.07, 6.45) is 2.26. The predicted octanol–water partition coefficient (Wildman–Crippen LogP) is 3.94. The Bertz CT molecular complexity index is 1090. The summed E-state index contributed by atoms with van der Waals surface area (Å²) in [6.45, 7) is 3.69. The van der Waals surface area contributed by atoms with E-state index in [2.05, 4.69) is 39.5 Å². The number of rotatable bonds is 4. The number of hydrogen-bond acceptors (Lipinski definition) is 3. The van der Waals surface area contributed by atoms with Gasteiger partial charge in [-0.25, -0.2) is 0 Å². The number of aliphatic hydroxyl groups is 1. The maximum atomic E-state index is 12.3. The van der Waals surface area contributed by atoms with Crippen LogP contribution in [0.3, 0.4) is 0 Å². The Balaban J connectivity index is 1.45. The molecule has 1 saturated heterocycles. The molecule has 5 nitrogen and oxygen atoms in total. The average molecular weight is 410 g/mol. The fourth-order valence-electron chi connectivity index (χ4n) is 4.66. The van der Waals surface area contributed by atoms with Gasteiger partial charge in [0.1, 0.15) is 0 Å². The van der Waals surface area contributed by atoms with Crippen LogP contribution in [-0.4, -0.2) is 40.6 Å². The van der Waals surface area contributed by atoms with E-state index in [4.69, 9.17) is 11.6 Å². The van der Waals surface area contributed by atoms with Crippen molar-refractivity contribution in [2.24, 2.45) is 5.92 Å². The first-order chi connectivity index (χ1) is 14.1. The molecule has 2 aliphatic rings. The number of nitrogens with one attached hydrogen (secondary N) is 2. The van der Waals surface area contributed by atoms with E-state index in [1.54, 1.807) is 0 Å². The van der Waals surface area contributed by atoms with Gasteiger partial charge in [-0.15, -0.1) is 0 Å². The summed E-state index contributed by atoms with van der Waals surface area (Å²) in [4.78, 5) is 18.2. The maximum absolute atomic E-state index is 12.3. The van der Waals surface area contributed by atoms with E-state index in [9.17, 15) is 9.90 Å². The molecule has 2 aromatic carbocycles. The topological polar surface area (TPSA) is 68.4 Å². The first kappa shape index (κ1) is 18.7. The SMILES string of the molecule is O=C1NCc2c(Cl)ccc(-c3cc4cc(CN5CCCC(CO)C5)ccc4[nH]3)c21. The number of hydrogen-bond donors (Lipinski definition) is 3. The number of aromatic amines is 1. The summed E-state index contributed by atoms with van der Waals surface area (Å²) in [6, 6.07) is 12.4. The lowest BCUT2D eigenvalue weighted by Gasteiger charge is -2.31. The van der Waals surface area contributed by atoms with Crippen molar-refractivity contribution >= 4 is 28.4 Å². The van der Waals surface area contributed by atoms with Crippen molar-refractivity contribution in [1.82, 2.24) is 15.2 Å². The average Bonchev–Trinajstić information content (AvgIpc) is 3.33. The molecule has 1 aromatic heterocycles. The predicted molar refractivity (Wildman–Crippen MR) is 115 cm³/mol. The molecule has 0 radical (unpaired) electrons. The molecule has 0 bridgehead atoms. The molecular weight excluding hydrogens is 386 g/mol. The van der Waals surface area contributed by atoms with Gasteiger partial charge >= 0.3 is 0 Å². The monoisotopic (exact) mass is 409 g/mol. The molecule has 1 fully saturated rings. The molecule has 3 aromatic rings. The minimum absolute atomic E-state index is 0.0691. The minimum Gasteiger partial charge on any atom is -0.396 e. The van der Waals surface area contributed by atoms with Gasteiger partial charge < -0.3 is 15.4 Å². The molecule has 1 unspecified atom stereocenters. The Morgan fingerprint density at radius 1 is 1.21 bits per heavy atom. The van der Waals surface area contributed by atoms with Crippen LogP contribution in [0.2, 0.25) is 5.02 Å². The lowest BCUT2D eigenvalue weighted by Crippen LogP contribution is -2.36. The van der Waals surface area contributed by atoms with Crippen molar-refractivity contribution in [3.05, 3.63) is 58.1 Å². The highest BCUT2D eigenvalue weighted by Gasteiger charge is 2.26. The molecule has 3 N–H and O–H groups in total. The number of amides is 1. The number of likely N-dealkylation sites (tertiary alicyclic amines) is 1. The molecule has 6 heteroatoms. The van der Waals surface area contributed by atoms with Crippen molar-refractivity contribution < 1.29 is 9.90 Å². The van der Waals surface area contributed by atoms with Crippen LogP contribution in [0.4, 0.5) is 0 Å². The van der Waals surface area contributed by atoms with E-state index in [0.29, 0.717) is 23.0 Å². The quantitative estimate of drug-likeness (QED) is 0.611. The highest BCUT2D eigenvalue weighted by atomic mass is 35.5. The standard InChI is InChI=1S/C23H24ClN3O2/c24-19-5-4-17(22-18(19)10-25-23(22)29)21-9-16-8-14(3-6-20(16)26-21)11-27-7-1-2-15(12-27)13-28/h3-6,8-9,15,26,28H,1-2,7,10-13H2,(H,25,29). The summed E-state index contributed by atoms with van der Waals surface area (Å²) in [5, 5.41) is 14.1. The zero-order chi connectivity index (χ0) is 20.0. The van der Waals surface area contributed by atoms with Crippen LogP contribution in [-0.2, 0) is 13.1 Å². The van der Waals surface area contributed by atoms with Gasteiger partial charge in [-0.2, -0.15) is 0 Å². The summed E-state index contributed by atoms with van der Waals surface area (Å²) >= 11 is 6.28. The van der Waals surface area contributed by atoms with Crippen molar-refractivity contribution in [3.8, 4) is 11.3 Å². The summed E-state index contributed by atoms with van der Waals surface area (Å²) in [7, 11) is 0. The molecule has 0 spiro atoms. The van der Waals surface area contributed by atoms with Crippen LogP contribution >= 0.6 is 11.6 Å². The molecule has 2 aliphatic heterocycles. The molecule has 5 rings (SSSR count). The Kier molecular flexibility index (Phi) is 4.82. The van der Waals surface area contributed by atoms with E-state index in [0.717, 1.165) is 60.2 Å². The van der Waals surface area contributed by atoms with E-state index in [1.807, 2.05) is 12.1 Å². The Morgan fingerprint density at radius 3 is 2.97 bits per heavy atom. The van der Waals surface area contributed by atoms with Crippen LogP contribution in [0.5, 0.6) is 0 Å². The van der Waals surface area contributed by atoms with Crippen LogP contribution in [0, 0.1) is 5.92 Å². The summed E-state index contributed by atoms with van der Waals surface area (Å²) in [5.74, 6) is 0.324. The van der Waals surface area contributed by atoms with E-state index in [1.165, 1.54) is 5.56 Å². The van der Waals surface area contributed by atoms with Crippen molar-refractivity contribution in [3.63, 3.8) is 0 Å². The first-order valence-corrected chi connectivity index (χ1v) is 10.5. The molecular formula is C23H24ClN3O2. The van der Waals surface area contributed by atoms with Crippen LogP contribution < -0.4 is 5.32 Å². The molecule has 29 heavy (non-hydrogen) atoms. The number of piperidine rings is 1. The van der Waals surface area contributed by atoms with Crippen molar-refractivity contribution in [1.29, 1.82) is 0 Å². The van der Waals surface area contributed by atoms with Gasteiger partial charge in [0.05, 0.1) is 5.56 Å². The lowest BCUT2D eigenvalue weighted by atomic mass is 9.98. The highest BCUT2D eigenvalue weighted by Crippen LogP contribution is 2.35. The highest BCUT2D eigenvalue weighted by molar-refractivity contribution is 6.32. The first-order valence-electron chi connectivity index (χ1n) is 10.2. The normalized spacial score (nSPS) is 19.5. The smallest absolute Gasteiger partial charge is 0.252 e. The van der Waals surface area contributed by atoms with Gasteiger partial charge in [-0.05, 0) is 55.1 Å². The number of benzene rings is 2.